The predicted molar refractivity (Wildman–Crippen MR) is 149 cm³/mol. The lowest BCUT2D eigenvalue weighted by Crippen LogP contribution is -2.49. The molecule has 182 valence electrons. The highest BCUT2D eigenvalue weighted by molar-refractivity contribution is 7.04. The van der Waals surface area contributed by atoms with Crippen molar-refractivity contribution < 1.29 is 13.2 Å². The summed E-state index contributed by atoms with van der Waals surface area (Å²) in [4.78, 5) is 2.04. The largest absolute Gasteiger partial charge is 0.310 e. The molecule has 6 rings (SSSR count). The molecule has 37 heavy (non-hydrogen) atoms. The Kier molecular flexibility index (Phi) is 5.53. The van der Waals surface area contributed by atoms with Crippen molar-refractivity contribution in [1.82, 2.24) is 0 Å². The van der Waals surface area contributed by atoms with Crippen molar-refractivity contribution in [1.29, 1.82) is 0 Å². The quantitative estimate of drug-likeness (QED) is 0.223. The molecule has 0 fully saturated rings. The molecule has 0 spiro atoms. The molecule has 0 aromatic heterocycles. The second kappa shape index (κ2) is 8.78. The second-order valence-electron chi connectivity index (χ2n) is 9.89. The third-order valence-corrected chi connectivity index (χ3v) is 10.7. The van der Waals surface area contributed by atoms with E-state index in [1.165, 1.54) is 40.2 Å². The minimum atomic E-state index is -1.93. The fourth-order valence-corrected chi connectivity index (χ4v) is 8.59. The van der Waals surface area contributed by atoms with Gasteiger partial charge < -0.3 is 4.90 Å². The van der Waals surface area contributed by atoms with Gasteiger partial charge in [-0.2, -0.15) is 0 Å². The summed E-state index contributed by atoms with van der Waals surface area (Å²) in [5.41, 5.74) is 5.84. The summed E-state index contributed by atoms with van der Waals surface area (Å²) in [5.74, 6) is -1.60. The van der Waals surface area contributed by atoms with Crippen LogP contribution in [0.25, 0.3) is 22.3 Å². The second-order valence-corrected chi connectivity index (χ2v) is 14.2. The number of hydrogen-bond acceptors (Lipinski definition) is 1. The van der Waals surface area contributed by atoms with Gasteiger partial charge in [0.25, 0.3) is 0 Å². The Labute approximate surface area is 215 Å². The Morgan fingerprint density at radius 3 is 1.95 bits per heavy atom. The molecular weight excluding hydrogens is 483 g/mol. The van der Waals surface area contributed by atoms with Crippen molar-refractivity contribution in [3.63, 3.8) is 0 Å². The van der Waals surface area contributed by atoms with E-state index in [1.54, 1.807) is 6.07 Å². The summed E-state index contributed by atoms with van der Waals surface area (Å²) in [6.07, 6.45) is 0. The van der Waals surface area contributed by atoms with Crippen molar-refractivity contribution in [3.8, 4) is 22.3 Å². The molecule has 0 saturated carbocycles. The van der Waals surface area contributed by atoms with Crippen LogP contribution in [0.5, 0.6) is 0 Å². The number of halogens is 3. The van der Waals surface area contributed by atoms with Crippen LogP contribution in [0.3, 0.4) is 0 Å². The molecule has 0 amide bonds. The molecule has 1 heterocycles. The van der Waals surface area contributed by atoms with Crippen LogP contribution in [-0.2, 0) is 0 Å². The number of hydrogen-bond donors (Lipinski definition) is 0. The lowest BCUT2D eigenvalue weighted by Gasteiger charge is -2.29. The smallest absolute Gasteiger partial charge is 0.126 e. The lowest BCUT2D eigenvalue weighted by molar-refractivity contribution is 0.584. The highest BCUT2D eigenvalue weighted by Gasteiger charge is 2.39. The zero-order valence-corrected chi connectivity index (χ0v) is 21.5. The zero-order chi connectivity index (χ0) is 25.7. The van der Waals surface area contributed by atoms with Gasteiger partial charge in [0.1, 0.15) is 25.5 Å². The van der Waals surface area contributed by atoms with E-state index in [0.717, 1.165) is 23.0 Å². The van der Waals surface area contributed by atoms with Gasteiger partial charge >= 0.3 is 0 Å². The predicted octanol–water partition coefficient (Wildman–Crippen LogP) is 8.04. The van der Waals surface area contributed by atoms with Gasteiger partial charge in [-0.15, -0.1) is 0 Å². The number of anilines is 3. The molecule has 0 saturated heterocycles. The molecule has 0 atom stereocenters. The number of fused-ring (bicyclic) bond motifs is 3. The third kappa shape index (κ3) is 3.96. The van der Waals surface area contributed by atoms with Crippen molar-refractivity contribution in [2.45, 2.75) is 13.1 Å². The maximum absolute atomic E-state index is 14.5. The normalized spacial score (nSPS) is 13.2. The third-order valence-electron chi connectivity index (χ3n) is 7.19. The summed E-state index contributed by atoms with van der Waals surface area (Å²) in [7, 11) is -1.93. The molecular formula is C32H24F3NSi. The Balaban J connectivity index is 1.61. The van der Waals surface area contributed by atoms with Gasteiger partial charge in [0.15, 0.2) is 0 Å². The summed E-state index contributed by atoms with van der Waals surface area (Å²) in [6.45, 7) is 4.71. The number of benzene rings is 5. The van der Waals surface area contributed by atoms with E-state index in [-0.39, 0.29) is 5.82 Å². The summed E-state index contributed by atoms with van der Waals surface area (Å²) >= 11 is 0. The van der Waals surface area contributed by atoms with Crippen LogP contribution in [-0.4, -0.2) is 8.07 Å². The van der Waals surface area contributed by atoms with E-state index in [4.69, 9.17) is 0 Å². The fraction of sp³-hybridized carbons (Fsp3) is 0.0625. The average molecular weight is 508 g/mol. The number of rotatable bonds is 4. The molecule has 0 unspecified atom stereocenters. The average Bonchev–Trinajstić information content (AvgIpc) is 3.12. The van der Waals surface area contributed by atoms with E-state index in [2.05, 4.69) is 55.6 Å². The van der Waals surface area contributed by atoms with Gasteiger partial charge in [0.2, 0.25) is 0 Å². The van der Waals surface area contributed by atoms with E-state index >= 15 is 0 Å². The standard InChI is InChI=1S/C32H24F3NSi/c1-37(2)30-14-4-3-12-28(30)32-29(13-7-15-31(32)37)36(27-11-6-9-23(33)20-27)26-10-5-8-21(18-26)22-16-24(34)19-25(35)17-22/h3-20H,1-2H3. The molecule has 0 radical (unpaired) electrons. The van der Waals surface area contributed by atoms with Crippen LogP contribution in [0, 0.1) is 17.5 Å². The first-order valence-corrected chi connectivity index (χ1v) is 15.2. The monoisotopic (exact) mass is 507 g/mol. The Morgan fingerprint density at radius 1 is 0.541 bits per heavy atom. The Morgan fingerprint density at radius 2 is 1.19 bits per heavy atom. The van der Waals surface area contributed by atoms with Crippen molar-refractivity contribution in [3.05, 3.63) is 127 Å². The maximum Gasteiger partial charge on any atom is 0.126 e. The molecule has 1 aliphatic heterocycles. The van der Waals surface area contributed by atoms with Gasteiger partial charge in [0, 0.05) is 23.0 Å². The van der Waals surface area contributed by atoms with Gasteiger partial charge in [-0.25, -0.2) is 13.2 Å². The van der Waals surface area contributed by atoms with E-state index in [9.17, 15) is 13.2 Å². The molecule has 1 nitrogen and oxygen atoms in total. The molecule has 5 heteroatoms. The van der Waals surface area contributed by atoms with Crippen LogP contribution in [0.2, 0.25) is 13.1 Å². The van der Waals surface area contributed by atoms with Crippen LogP contribution >= 0.6 is 0 Å². The zero-order valence-electron chi connectivity index (χ0n) is 20.5. The summed E-state index contributed by atoms with van der Waals surface area (Å²) in [5, 5.41) is 2.71. The Hall–Kier alpha value is -4.09. The lowest BCUT2D eigenvalue weighted by atomic mass is 10.0. The minimum Gasteiger partial charge on any atom is -0.310 e. The van der Waals surface area contributed by atoms with E-state index < -0.39 is 19.7 Å². The topological polar surface area (TPSA) is 3.24 Å². The van der Waals surface area contributed by atoms with E-state index in [0.29, 0.717) is 16.8 Å². The summed E-state index contributed by atoms with van der Waals surface area (Å²) < 4.78 is 42.6. The SMILES string of the molecule is C[Si]1(C)c2ccccc2-c2c(N(c3cccc(F)c3)c3cccc(-c4cc(F)cc(F)c4)c3)cccc21. The van der Waals surface area contributed by atoms with Gasteiger partial charge in [-0.3, -0.25) is 0 Å². The van der Waals surface area contributed by atoms with Gasteiger partial charge in [-0.1, -0.05) is 67.7 Å². The van der Waals surface area contributed by atoms with E-state index in [1.807, 2.05) is 35.2 Å². The maximum atomic E-state index is 14.5. The summed E-state index contributed by atoms with van der Waals surface area (Å²) in [6, 6.07) is 32.4. The highest BCUT2D eigenvalue weighted by Crippen LogP contribution is 2.43. The molecule has 0 N–H and O–H groups in total. The highest BCUT2D eigenvalue weighted by atomic mass is 28.3. The first-order chi connectivity index (χ1) is 17.8. The van der Waals surface area contributed by atoms with Crippen LogP contribution in [0.4, 0.5) is 30.2 Å². The molecule has 1 aliphatic rings. The minimum absolute atomic E-state index is 0.339. The molecule has 5 aromatic carbocycles. The number of nitrogens with zero attached hydrogens (tertiary/aromatic N) is 1. The molecule has 0 aliphatic carbocycles. The van der Waals surface area contributed by atoms with Crippen molar-refractivity contribution >= 4 is 35.5 Å². The van der Waals surface area contributed by atoms with Crippen molar-refractivity contribution in [2.24, 2.45) is 0 Å². The van der Waals surface area contributed by atoms with Gasteiger partial charge in [-0.05, 0) is 75.6 Å². The van der Waals surface area contributed by atoms with Crippen molar-refractivity contribution in [2.75, 3.05) is 4.90 Å². The van der Waals surface area contributed by atoms with Crippen LogP contribution < -0.4 is 15.3 Å². The first kappa shape index (κ1) is 23.3. The van der Waals surface area contributed by atoms with Crippen LogP contribution in [0.1, 0.15) is 0 Å². The Bertz CT molecular complexity index is 1640. The molecule has 5 aromatic rings. The fourth-order valence-electron chi connectivity index (χ4n) is 5.51. The molecule has 0 bridgehead atoms. The first-order valence-electron chi connectivity index (χ1n) is 12.2. The van der Waals surface area contributed by atoms with Crippen LogP contribution in [0.15, 0.2) is 109 Å². The van der Waals surface area contributed by atoms with Gasteiger partial charge in [0.05, 0.1) is 5.69 Å².